The van der Waals surface area contributed by atoms with Crippen molar-refractivity contribution in [3.05, 3.63) is 0 Å². The van der Waals surface area contributed by atoms with Gasteiger partial charge in [-0.1, -0.05) is 0 Å². The van der Waals surface area contributed by atoms with E-state index in [2.05, 4.69) is 0 Å². The van der Waals surface area contributed by atoms with E-state index < -0.39 is 5.97 Å². The molecule has 0 aromatic heterocycles. The van der Waals surface area contributed by atoms with Gasteiger partial charge in [0.2, 0.25) is 5.91 Å². The van der Waals surface area contributed by atoms with E-state index in [0.717, 1.165) is 0 Å². The zero-order valence-electron chi connectivity index (χ0n) is 12.4. The van der Waals surface area contributed by atoms with Crippen LogP contribution in [0.5, 0.6) is 0 Å². The van der Waals surface area contributed by atoms with Crippen molar-refractivity contribution in [2.75, 3.05) is 26.3 Å². The first-order valence-electron chi connectivity index (χ1n) is 7.29. The number of amides is 1. The van der Waals surface area contributed by atoms with Gasteiger partial charge < -0.3 is 19.5 Å². The summed E-state index contributed by atoms with van der Waals surface area (Å²) in [5, 5.41) is 8.53. The molecular weight excluding hydrogens is 278 g/mol. The molecule has 1 heterocycles. The Bertz CT molecular complexity index is 362. The Hall–Kier alpha value is -1.63. The molecule has 0 spiro atoms. The normalized spacial score (nSPS) is 15.8. The van der Waals surface area contributed by atoms with Crippen molar-refractivity contribution in [2.45, 2.75) is 45.1 Å². The lowest BCUT2D eigenvalue weighted by atomic mass is 10.1. The number of ether oxygens (including phenoxy) is 2. The van der Waals surface area contributed by atoms with E-state index in [1.165, 1.54) is 0 Å². The van der Waals surface area contributed by atoms with E-state index in [9.17, 15) is 14.4 Å². The van der Waals surface area contributed by atoms with Crippen LogP contribution >= 0.6 is 0 Å². The number of aliphatic carboxylic acids is 1. The second-order valence-corrected chi connectivity index (χ2v) is 4.90. The Morgan fingerprint density at radius 1 is 1.14 bits per heavy atom. The van der Waals surface area contributed by atoms with Crippen molar-refractivity contribution in [1.29, 1.82) is 0 Å². The number of likely N-dealkylation sites (tertiary alicyclic amines) is 1. The predicted octanol–water partition coefficient (Wildman–Crippen LogP) is 0.812. The summed E-state index contributed by atoms with van der Waals surface area (Å²) in [6.45, 7) is 3.43. The lowest BCUT2D eigenvalue weighted by Crippen LogP contribution is -2.41. The number of carboxylic acids is 1. The van der Waals surface area contributed by atoms with Gasteiger partial charge in [-0.05, 0) is 19.8 Å². The lowest BCUT2D eigenvalue weighted by molar-refractivity contribution is -0.146. The number of carboxylic acid groups (broad SMARTS) is 1. The molecule has 7 nitrogen and oxygen atoms in total. The molecule has 1 saturated heterocycles. The average molecular weight is 301 g/mol. The van der Waals surface area contributed by atoms with Crippen LogP contribution < -0.4 is 0 Å². The highest BCUT2D eigenvalue weighted by Gasteiger charge is 2.23. The Kier molecular flexibility index (Phi) is 7.74. The maximum absolute atomic E-state index is 11.9. The van der Waals surface area contributed by atoms with E-state index in [-0.39, 0.29) is 43.8 Å². The van der Waals surface area contributed by atoms with Crippen LogP contribution in [0.3, 0.4) is 0 Å². The maximum Gasteiger partial charge on any atom is 0.306 e. The molecule has 1 aliphatic rings. The van der Waals surface area contributed by atoms with Crippen LogP contribution in [-0.2, 0) is 23.9 Å². The number of carbonyl (C=O) groups is 3. The van der Waals surface area contributed by atoms with Gasteiger partial charge in [0.15, 0.2) is 0 Å². The molecule has 0 aliphatic carbocycles. The Morgan fingerprint density at radius 2 is 1.81 bits per heavy atom. The molecule has 0 saturated carbocycles. The summed E-state index contributed by atoms with van der Waals surface area (Å²) in [6.07, 6.45) is 1.69. The van der Waals surface area contributed by atoms with Gasteiger partial charge >= 0.3 is 11.9 Å². The molecule has 1 N–H and O–H groups in total. The average Bonchev–Trinajstić information content (AvgIpc) is 2.45. The van der Waals surface area contributed by atoms with E-state index in [1.54, 1.807) is 11.8 Å². The summed E-state index contributed by atoms with van der Waals surface area (Å²) in [7, 11) is 0. The number of hydrogen-bond acceptors (Lipinski definition) is 5. The number of nitrogens with zero attached hydrogens (tertiary/aromatic N) is 1. The first-order valence-corrected chi connectivity index (χ1v) is 7.29. The quantitative estimate of drug-likeness (QED) is 0.667. The van der Waals surface area contributed by atoms with Gasteiger partial charge in [0, 0.05) is 19.5 Å². The fraction of sp³-hybridized carbons (Fsp3) is 0.786. The summed E-state index contributed by atoms with van der Waals surface area (Å²) < 4.78 is 10.2. The zero-order valence-corrected chi connectivity index (χ0v) is 12.4. The van der Waals surface area contributed by atoms with Gasteiger partial charge in [0.1, 0.15) is 0 Å². The molecule has 1 fully saturated rings. The molecule has 21 heavy (non-hydrogen) atoms. The fourth-order valence-electron chi connectivity index (χ4n) is 2.19. The maximum atomic E-state index is 11.9. The van der Waals surface area contributed by atoms with Gasteiger partial charge in [-0.25, -0.2) is 0 Å². The summed E-state index contributed by atoms with van der Waals surface area (Å²) in [6, 6.07) is 0. The van der Waals surface area contributed by atoms with Gasteiger partial charge in [0.25, 0.3) is 0 Å². The highest BCUT2D eigenvalue weighted by Crippen LogP contribution is 2.15. The second-order valence-electron chi connectivity index (χ2n) is 4.90. The Labute approximate surface area is 124 Å². The van der Waals surface area contributed by atoms with E-state index in [4.69, 9.17) is 14.6 Å². The topological polar surface area (TPSA) is 93.1 Å². The molecule has 0 aromatic rings. The van der Waals surface area contributed by atoms with Crippen LogP contribution in [0, 0.1) is 0 Å². The Balaban J connectivity index is 2.18. The minimum Gasteiger partial charge on any atom is -0.481 e. The van der Waals surface area contributed by atoms with E-state index in [1.807, 2.05) is 0 Å². The summed E-state index contributed by atoms with van der Waals surface area (Å²) >= 11 is 0. The highest BCUT2D eigenvalue weighted by molar-refractivity contribution is 5.81. The van der Waals surface area contributed by atoms with Crippen LogP contribution in [0.2, 0.25) is 0 Å². The molecular formula is C14H23NO6. The molecule has 7 heteroatoms. The van der Waals surface area contributed by atoms with Crippen LogP contribution in [0.1, 0.15) is 39.0 Å². The van der Waals surface area contributed by atoms with Crippen LogP contribution in [0.25, 0.3) is 0 Å². The fourth-order valence-corrected chi connectivity index (χ4v) is 2.19. The molecule has 0 bridgehead atoms. The molecule has 0 unspecified atom stereocenters. The summed E-state index contributed by atoms with van der Waals surface area (Å²) in [4.78, 5) is 35.2. The third-order valence-electron chi connectivity index (χ3n) is 3.31. The molecule has 0 aromatic carbocycles. The molecule has 120 valence electrons. The number of hydrogen-bond donors (Lipinski definition) is 1. The van der Waals surface area contributed by atoms with Crippen molar-refractivity contribution in [2.24, 2.45) is 0 Å². The zero-order chi connectivity index (χ0) is 15.7. The number of piperidine rings is 1. The van der Waals surface area contributed by atoms with Crippen molar-refractivity contribution in [3.63, 3.8) is 0 Å². The minimum absolute atomic E-state index is 0.00130. The molecule has 1 rings (SSSR count). The smallest absolute Gasteiger partial charge is 0.306 e. The van der Waals surface area contributed by atoms with Crippen molar-refractivity contribution in [1.82, 2.24) is 4.90 Å². The number of esters is 1. The third kappa shape index (κ3) is 7.08. The monoisotopic (exact) mass is 301 g/mol. The van der Waals surface area contributed by atoms with Crippen LogP contribution in [-0.4, -0.2) is 60.3 Å². The van der Waals surface area contributed by atoms with E-state index in [0.29, 0.717) is 32.5 Å². The lowest BCUT2D eigenvalue weighted by Gasteiger charge is -2.32. The second kappa shape index (κ2) is 9.33. The van der Waals surface area contributed by atoms with Gasteiger partial charge in [0.05, 0.1) is 32.2 Å². The summed E-state index contributed by atoms with van der Waals surface area (Å²) in [5.41, 5.74) is 0. The molecule has 1 aliphatic heterocycles. The third-order valence-corrected chi connectivity index (χ3v) is 3.31. The van der Waals surface area contributed by atoms with Crippen LogP contribution in [0.15, 0.2) is 0 Å². The number of carbonyl (C=O) groups excluding carboxylic acids is 2. The van der Waals surface area contributed by atoms with Gasteiger partial charge in [-0.15, -0.1) is 0 Å². The molecule has 0 atom stereocenters. The largest absolute Gasteiger partial charge is 0.481 e. The molecule has 0 radical (unpaired) electrons. The van der Waals surface area contributed by atoms with E-state index >= 15 is 0 Å². The van der Waals surface area contributed by atoms with Crippen molar-refractivity contribution < 1.29 is 29.0 Å². The Morgan fingerprint density at radius 3 is 2.38 bits per heavy atom. The first kappa shape index (κ1) is 17.4. The number of rotatable bonds is 8. The van der Waals surface area contributed by atoms with Crippen molar-refractivity contribution in [3.8, 4) is 0 Å². The van der Waals surface area contributed by atoms with Crippen LogP contribution in [0.4, 0.5) is 0 Å². The van der Waals surface area contributed by atoms with Gasteiger partial charge in [-0.2, -0.15) is 0 Å². The van der Waals surface area contributed by atoms with Crippen molar-refractivity contribution >= 4 is 17.8 Å². The molecule has 1 amide bonds. The highest BCUT2D eigenvalue weighted by atomic mass is 16.5. The van der Waals surface area contributed by atoms with Gasteiger partial charge in [-0.3, -0.25) is 14.4 Å². The predicted molar refractivity (Wildman–Crippen MR) is 73.7 cm³/mol. The first-order chi connectivity index (χ1) is 10.0. The summed E-state index contributed by atoms with van der Waals surface area (Å²) in [5.74, 6) is -1.27. The standard InChI is InChI=1S/C14H23NO6/c1-2-20-14(19)4-3-12(16)15-8-5-11(6-9-15)21-10-7-13(17)18/h11H,2-10H2,1H3,(H,17,18). The SMILES string of the molecule is CCOC(=O)CCC(=O)N1CCC(OCCC(=O)O)CC1. The minimum atomic E-state index is -0.874.